The van der Waals surface area contributed by atoms with Crippen LogP contribution in [0.4, 0.5) is 0 Å². The summed E-state index contributed by atoms with van der Waals surface area (Å²) in [5.41, 5.74) is 3.33. The number of carbonyl (C=O) groups is 1. The molecule has 0 fully saturated rings. The fraction of sp³-hybridized carbons (Fsp3) is 0.294. The molecule has 5 rings (SSSR count). The molecule has 0 N–H and O–H groups in total. The van der Waals surface area contributed by atoms with Crippen LogP contribution in [0.15, 0.2) is 102 Å². The quantitative estimate of drug-likeness (QED) is 0.241. The number of hydrogen-bond donors (Lipinski definition) is 0. The predicted molar refractivity (Wildman–Crippen MR) is 164 cm³/mol. The third-order valence-electron chi connectivity index (χ3n) is 6.89. The molecule has 0 unspecified atom stereocenters. The highest BCUT2D eigenvalue weighted by molar-refractivity contribution is 5.96. The molecule has 1 aromatic heterocycles. The van der Waals surface area contributed by atoms with Gasteiger partial charge in [0, 0.05) is 26.8 Å². The van der Waals surface area contributed by atoms with Gasteiger partial charge < -0.3 is 19.1 Å². The smallest absolute Gasteiger partial charge is 0.277 e. The lowest BCUT2D eigenvalue weighted by Crippen LogP contribution is -2.57. The maximum atomic E-state index is 14.1. The Balaban J connectivity index is 0.00000198. The zero-order valence-corrected chi connectivity index (χ0v) is 24.7. The number of aromatic nitrogens is 1. The molecule has 0 saturated carbocycles. The summed E-state index contributed by atoms with van der Waals surface area (Å²) in [5.74, 6) is -0.285. The molecule has 1 aliphatic rings. The zero-order chi connectivity index (χ0) is 29.9. The molecule has 42 heavy (non-hydrogen) atoms. The van der Waals surface area contributed by atoms with Gasteiger partial charge in [0.15, 0.2) is 11.4 Å². The average Bonchev–Trinajstić information content (AvgIpc) is 3.04. The van der Waals surface area contributed by atoms with E-state index >= 15 is 0 Å². The second-order valence-electron chi connectivity index (χ2n) is 9.56. The number of carbonyl (C=O) groups excluding carboxylic acids is 1. The number of pyridine rings is 1. The molecule has 0 atom stereocenters. The minimum Gasteiger partial charge on any atom is -0.482 e. The number of amides is 1. The van der Waals surface area contributed by atoms with Crippen molar-refractivity contribution >= 4 is 5.91 Å². The molecular weight excluding hydrogens is 530 g/mol. The van der Waals surface area contributed by atoms with E-state index < -0.39 is 0 Å². The molecule has 1 amide bonds. The summed E-state index contributed by atoms with van der Waals surface area (Å²) in [6.45, 7) is 5.26. The largest absolute Gasteiger partial charge is 0.482 e. The maximum absolute atomic E-state index is 14.1. The van der Waals surface area contributed by atoms with Crippen molar-refractivity contribution < 1.29 is 19.0 Å². The predicted octanol–water partition coefficient (Wildman–Crippen LogP) is 5.39. The second-order valence-corrected chi connectivity index (χ2v) is 9.56. The Labute approximate surface area is 247 Å². The summed E-state index contributed by atoms with van der Waals surface area (Å²) >= 11 is 0. The van der Waals surface area contributed by atoms with Gasteiger partial charge in [0.2, 0.25) is 5.43 Å². The van der Waals surface area contributed by atoms with Gasteiger partial charge >= 0.3 is 0 Å². The Morgan fingerprint density at radius 2 is 1.33 bits per heavy atom. The molecule has 4 aromatic rings. The monoisotopic (exact) mass is 569 g/mol. The first-order chi connectivity index (χ1) is 20.6. The number of nitrogens with zero attached hydrogens (tertiary/aromatic N) is 3. The molecule has 0 spiro atoms. The average molecular weight is 570 g/mol. The van der Waals surface area contributed by atoms with E-state index in [1.54, 1.807) is 19.1 Å². The van der Waals surface area contributed by atoms with E-state index in [-0.39, 0.29) is 48.7 Å². The van der Waals surface area contributed by atoms with E-state index in [0.717, 1.165) is 16.7 Å². The fourth-order valence-electron chi connectivity index (χ4n) is 5.07. The van der Waals surface area contributed by atoms with E-state index in [1.807, 2.05) is 85.3 Å². The van der Waals surface area contributed by atoms with Gasteiger partial charge in [0.25, 0.3) is 5.91 Å². The lowest BCUT2D eigenvalue weighted by atomic mass is 9.98. The van der Waals surface area contributed by atoms with Crippen molar-refractivity contribution in [3.8, 4) is 5.75 Å². The van der Waals surface area contributed by atoms with Crippen molar-refractivity contribution in [2.24, 2.45) is 0 Å². The molecular formula is C34H39N3O5. The van der Waals surface area contributed by atoms with Crippen LogP contribution in [-0.4, -0.2) is 49.5 Å². The van der Waals surface area contributed by atoms with E-state index in [9.17, 15) is 9.59 Å². The Hall–Kier alpha value is -4.40. The Bertz CT molecular complexity index is 1440. The summed E-state index contributed by atoms with van der Waals surface area (Å²) in [6, 6.07) is 31.0. The van der Waals surface area contributed by atoms with Crippen molar-refractivity contribution in [3.63, 3.8) is 0 Å². The summed E-state index contributed by atoms with van der Waals surface area (Å²) in [5, 5.41) is 2.10. The van der Waals surface area contributed by atoms with Crippen LogP contribution in [0.25, 0.3) is 0 Å². The van der Waals surface area contributed by atoms with Crippen LogP contribution in [0.3, 0.4) is 0 Å². The van der Waals surface area contributed by atoms with Crippen molar-refractivity contribution in [2.45, 2.75) is 33.1 Å². The fourth-order valence-corrected chi connectivity index (χ4v) is 5.07. The summed E-state index contributed by atoms with van der Waals surface area (Å²) < 4.78 is 18.8. The van der Waals surface area contributed by atoms with Crippen molar-refractivity contribution in [3.05, 3.63) is 135 Å². The van der Waals surface area contributed by atoms with Gasteiger partial charge in [-0.25, -0.2) is 4.68 Å². The molecule has 0 bridgehead atoms. The van der Waals surface area contributed by atoms with Crippen LogP contribution in [0.2, 0.25) is 0 Å². The van der Waals surface area contributed by atoms with Gasteiger partial charge in [-0.1, -0.05) is 105 Å². The van der Waals surface area contributed by atoms with Gasteiger partial charge in [-0.2, -0.15) is 0 Å². The molecule has 8 heteroatoms. The van der Waals surface area contributed by atoms with Crippen LogP contribution in [0.5, 0.6) is 5.75 Å². The highest BCUT2D eigenvalue weighted by atomic mass is 16.5. The standard InChI is InChI=1S/C32H33N3O5.C2H6/c1-38-19-18-33-23-34(29(25-14-8-4-9-15-25)26-16-10-5-11-17-26)35-27(22-39-2)20-28(36)31(30(35)32(33)37)40-21-24-12-6-3-7-13-24;1-2/h3-17,20,29H,18-19,21-23H2,1-2H3;1-2H3. The van der Waals surface area contributed by atoms with Crippen LogP contribution in [0.1, 0.15) is 52.8 Å². The number of hydrogen-bond acceptors (Lipinski definition) is 6. The van der Waals surface area contributed by atoms with Crippen molar-refractivity contribution in [2.75, 3.05) is 39.0 Å². The minimum atomic E-state index is -0.368. The van der Waals surface area contributed by atoms with E-state index in [4.69, 9.17) is 14.2 Å². The zero-order valence-electron chi connectivity index (χ0n) is 24.7. The Kier molecular flexibility index (Phi) is 10.9. The number of methoxy groups -OCH3 is 2. The summed E-state index contributed by atoms with van der Waals surface area (Å²) in [6.07, 6.45) is 0. The summed E-state index contributed by atoms with van der Waals surface area (Å²) in [7, 11) is 3.18. The third kappa shape index (κ3) is 6.73. The number of rotatable bonds is 11. The van der Waals surface area contributed by atoms with Crippen molar-refractivity contribution in [1.82, 2.24) is 9.58 Å². The van der Waals surface area contributed by atoms with Gasteiger partial charge in [0.05, 0.1) is 24.9 Å². The topological polar surface area (TPSA) is 73.2 Å². The van der Waals surface area contributed by atoms with Crippen LogP contribution in [-0.2, 0) is 22.7 Å². The highest BCUT2D eigenvalue weighted by Gasteiger charge is 2.38. The number of fused-ring (bicyclic) bond motifs is 1. The summed E-state index contributed by atoms with van der Waals surface area (Å²) in [4.78, 5) is 29.2. The van der Waals surface area contributed by atoms with Crippen LogP contribution < -0.4 is 15.2 Å². The lowest BCUT2D eigenvalue weighted by molar-refractivity contribution is 0.0602. The SMILES string of the molecule is CC.COCCN1CN(C(c2ccccc2)c2ccccc2)n2c(COC)cc(=O)c(OCc3ccccc3)c2C1=O. The Morgan fingerprint density at radius 1 is 0.762 bits per heavy atom. The molecule has 1 aliphatic heterocycles. The number of benzene rings is 3. The normalized spacial score (nSPS) is 12.5. The first kappa shape index (κ1) is 30.6. The molecule has 0 radical (unpaired) electrons. The molecule has 3 aromatic carbocycles. The van der Waals surface area contributed by atoms with Gasteiger partial charge in [0.1, 0.15) is 13.3 Å². The van der Waals surface area contributed by atoms with Crippen LogP contribution >= 0.6 is 0 Å². The highest BCUT2D eigenvalue weighted by Crippen LogP contribution is 2.33. The molecule has 220 valence electrons. The van der Waals surface area contributed by atoms with Gasteiger partial charge in [-0.3, -0.25) is 14.6 Å². The lowest BCUT2D eigenvalue weighted by Gasteiger charge is -2.45. The first-order valence-electron chi connectivity index (χ1n) is 14.2. The molecule has 8 nitrogen and oxygen atoms in total. The van der Waals surface area contributed by atoms with E-state index in [1.165, 1.54) is 6.07 Å². The van der Waals surface area contributed by atoms with E-state index in [0.29, 0.717) is 18.8 Å². The molecule has 0 saturated heterocycles. The minimum absolute atomic E-state index is 0.0145. The molecule has 0 aliphatic carbocycles. The van der Waals surface area contributed by atoms with Gasteiger partial charge in [-0.05, 0) is 16.7 Å². The maximum Gasteiger partial charge on any atom is 0.277 e. The second kappa shape index (κ2) is 15.0. The first-order valence-corrected chi connectivity index (χ1v) is 14.2. The third-order valence-corrected chi connectivity index (χ3v) is 6.89. The number of ether oxygens (including phenoxy) is 3. The van der Waals surface area contributed by atoms with Crippen LogP contribution in [0, 0.1) is 0 Å². The Morgan fingerprint density at radius 3 is 1.88 bits per heavy atom. The van der Waals surface area contributed by atoms with Crippen molar-refractivity contribution in [1.29, 1.82) is 0 Å². The van der Waals surface area contributed by atoms with Gasteiger partial charge in [-0.15, -0.1) is 0 Å². The molecule has 2 heterocycles. The van der Waals surface area contributed by atoms with E-state index in [2.05, 4.69) is 29.3 Å².